The highest BCUT2D eigenvalue weighted by atomic mass is 32.2. The zero-order valence-electron chi connectivity index (χ0n) is 19.4. The molecule has 1 aliphatic rings. The molecule has 33 heavy (non-hydrogen) atoms. The van der Waals surface area contributed by atoms with Crippen LogP contribution >= 0.6 is 0 Å². The van der Waals surface area contributed by atoms with Crippen molar-refractivity contribution in [2.24, 2.45) is 0 Å². The zero-order chi connectivity index (χ0) is 24.3. The zero-order valence-corrected chi connectivity index (χ0v) is 20.2. The summed E-state index contributed by atoms with van der Waals surface area (Å²) in [7, 11) is -3.81. The van der Waals surface area contributed by atoms with Crippen LogP contribution in [0.1, 0.15) is 34.2 Å². The molecule has 0 radical (unpaired) electrons. The Kier molecular flexibility index (Phi) is 7.28. The second-order valence-corrected chi connectivity index (χ2v) is 9.71. The van der Waals surface area contributed by atoms with E-state index in [1.54, 1.807) is 38.1 Å². The summed E-state index contributed by atoms with van der Waals surface area (Å²) in [5.41, 5.74) is 8.85. The fraction of sp³-hybridized carbons (Fsp3) is 0.391. The summed E-state index contributed by atoms with van der Waals surface area (Å²) < 4.78 is 39.3. The van der Waals surface area contributed by atoms with Crippen molar-refractivity contribution in [3.05, 3.63) is 52.1 Å². The first-order valence-corrected chi connectivity index (χ1v) is 12.0. The van der Waals surface area contributed by atoms with Crippen LogP contribution in [-0.2, 0) is 19.6 Å². The van der Waals surface area contributed by atoms with Crippen molar-refractivity contribution in [3.63, 3.8) is 0 Å². The van der Waals surface area contributed by atoms with Crippen LogP contribution in [0.15, 0.2) is 29.2 Å². The molecule has 0 saturated heterocycles. The average molecular weight is 476 g/mol. The Morgan fingerprint density at radius 3 is 2.12 bits per heavy atom. The molecule has 2 aromatic rings. The van der Waals surface area contributed by atoms with Gasteiger partial charge >= 0.3 is 0 Å². The quantitative estimate of drug-likeness (QED) is 0.549. The van der Waals surface area contributed by atoms with Crippen molar-refractivity contribution in [2.75, 3.05) is 13.2 Å². The normalized spacial score (nSPS) is 15.1. The third-order valence-corrected chi connectivity index (χ3v) is 7.70. The summed E-state index contributed by atoms with van der Waals surface area (Å²) in [6.45, 7) is 9.20. The molecular weight excluding hydrogens is 446 g/mol. The monoisotopic (exact) mass is 475 g/mol. The Balaban J connectivity index is 1.51. The van der Waals surface area contributed by atoms with Crippen LogP contribution in [0.4, 0.5) is 0 Å². The van der Waals surface area contributed by atoms with Crippen molar-refractivity contribution in [1.82, 2.24) is 15.6 Å². The molecular formula is C23H29N3O6S. The Hall–Kier alpha value is -3.11. The van der Waals surface area contributed by atoms with Gasteiger partial charge in [0.05, 0.1) is 4.90 Å². The third kappa shape index (κ3) is 5.28. The fourth-order valence-corrected chi connectivity index (χ4v) is 5.29. The number of hydrogen-bond acceptors (Lipinski definition) is 6. The predicted molar refractivity (Wildman–Crippen MR) is 123 cm³/mol. The molecule has 0 bridgehead atoms. The second kappa shape index (κ2) is 9.80. The molecule has 1 heterocycles. The first-order chi connectivity index (χ1) is 15.5. The van der Waals surface area contributed by atoms with Gasteiger partial charge in [-0.3, -0.25) is 20.4 Å². The number of carbonyl (C=O) groups is 2. The first-order valence-electron chi connectivity index (χ1n) is 10.6. The van der Waals surface area contributed by atoms with E-state index < -0.39 is 27.9 Å². The third-order valence-electron chi connectivity index (χ3n) is 5.97. The van der Waals surface area contributed by atoms with Crippen LogP contribution < -0.4 is 25.0 Å². The molecule has 1 atom stereocenters. The van der Waals surface area contributed by atoms with Gasteiger partial charge in [-0.1, -0.05) is 12.1 Å². The lowest BCUT2D eigenvalue weighted by Crippen LogP contribution is -2.51. The van der Waals surface area contributed by atoms with E-state index >= 15 is 0 Å². The van der Waals surface area contributed by atoms with E-state index in [0.717, 1.165) is 16.7 Å². The van der Waals surface area contributed by atoms with Gasteiger partial charge in [0, 0.05) is 13.0 Å². The number of amides is 2. The number of nitrogens with one attached hydrogen (secondary N) is 3. The van der Waals surface area contributed by atoms with E-state index in [1.807, 2.05) is 20.8 Å². The Morgan fingerprint density at radius 1 is 0.909 bits per heavy atom. The Labute approximate surface area is 193 Å². The standard InChI is InChI=1S/C23H29N3O6S/c1-13-14(2)16(4)22(17(5)15(13)3)33(29,30)24-11-10-21(27)25-26-23(28)20-12-31-18-8-6-7-9-19(18)32-20/h6-9,20,24H,10-12H2,1-5H3,(H,25,27)(H,26,28). The minimum Gasteiger partial charge on any atom is -0.485 e. The van der Waals surface area contributed by atoms with E-state index in [4.69, 9.17) is 9.47 Å². The summed E-state index contributed by atoms with van der Waals surface area (Å²) in [5, 5.41) is 0. The number of benzene rings is 2. The summed E-state index contributed by atoms with van der Waals surface area (Å²) in [6, 6.07) is 6.96. The topological polar surface area (TPSA) is 123 Å². The van der Waals surface area contributed by atoms with Crippen LogP contribution in [0.25, 0.3) is 0 Å². The maximum Gasteiger partial charge on any atom is 0.283 e. The number of rotatable bonds is 6. The molecule has 3 N–H and O–H groups in total. The highest BCUT2D eigenvalue weighted by Crippen LogP contribution is 2.31. The fourth-order valence-electron chi connectivity index (χ4n) is 3.66. The molecule has 1 unspecified atom stereocenters. The van der Waals surface area contributed by atoms with Gasteiger partial charge in [-0.2, -0.15) is 0 Å². The predicted octanol–water partition coefficient (Wildman–Crippen LogP) is 1.88. The molecule has 0 aliphatic carbocycles. The Bertz CT molecular complexity index is 1160. The molecule has 3 rings (SSSR count). The molecule has 10 heteroatoms. The molecule has 178 valence electrons. The first kappa shape index (κ1) is 24.5. The maximum atomic E-state index is 12.9. The van der Waals surface area contributed by atoms with Gasteiger partial charge in [-0.25, -0.2) is 13.1 Å². The highest BCUT2D eigenvalue weighted by Gasteiger charge is 2.28. The van der Waals surface area contributed by atoms with E-state index in [-0.39, 0.29) is 24.5 Å². The molecule has 0 saturated carbocycles. The number of ether oxygens (including phenoxy) is 2. The highest BCUT2D eigenvalue weighted by molar-refractivity contribution is 7.89. The number of hydrogen-bond donors (Lipinski definition) is 3. The van der Waals surface area contributed by atoms with E-state index in [2.05, 4.69) is 15.6 Å². The SMILES string of the molecule is Cc1c(C)c(C)c(S(=O)(=O)NCCC(=O)NNC(=O)C2COc3ccccc3O2)c(C)c1C. The van der Waals surface area contributed by atoms with Gasteiger partial charge in [-0.05, 0) is 74.6 Å². The minimum absolute atomic E-state index is 0.00655. The lowest BCUT2D eigenvalue weighted by Gasteiger charge is -2.25. The average Bonchev–Trinajstić information content (AvgIpc) is 2.79. The molecule has 0 fully saturated rings. The van der Waals surface area contributed by atoms with Crippen LogP contribution in [-0.4, -0.2) is 39.5 Å². The van der Waals surface area contributed by atoms with Gasteiger partial charge in [0.1, 0.15) is 6.61 Å². The van der Waals surface area contributed by atoms with Crippen molar-refractivity contribution in [3.8, 4) is 11.5 Å². The molecule has 9 nitrogen and oxygen atoms in total. The number of fused-ring (bicyclic) bond motifs is 1. The van der Waals surface area contributed by atoms with Gasteiger partial charge in [0.2, 0.25) is 22.0 Å². The van der Waals surface area contributed by atoms with Crippen LogP contribution in [0.2, 0.25) is 0 Å². The lowest BCUT2D eigenvalue weighted by atomic mass is 9.95. The summed E-state index contributed by atoms with van der Waals surface area (Å²) in [6.07, 6.45) is -1.08. The summed E-state index contributed by atoms with van der Waals surface area (Å²) in [4.78, 5) is 24.6. The molecule has 0 spiro atoms. The summed E-state index contributed by atoms with van der Waals surface area (Å²) >= 11 is 0. The molecule has 0 aromatic heterocycles. The second-order valence-electron chi connectivity index (χ2n) is 8.00. The molecule has 2 amide bonds. The van der Waals surface area contributed by atoms with Gasteiger partial charge < -0.3 is 9.47 Å². The van der Waals surface area contributed by atoms with Crippen molar-refractivity contribution in [2.45, 2.75) is 52.0 Å². The van der Waals surface area contributed by atoms with E-state index in [0.29, 0.717) is 22.6 Å². The lowest BCUT2D eigenvalue weighted by molar-refractivity contribution is -0.135. The van der Waals surface area contributed by atoms with Crippen molar-refractivity contribution >= 4 is 21.8 Å². The van der Waals surface area contributed by atoms with Gasteiger partial charge in [0.15, 0.2) is 11.5 Å². The van der Waals surface area contributed by atoms with Crippen LogP contribution in [0.3, 0.4) is 0 Å². The van der Waals surface area contributed by atoms with Crippen LogP contribution in [0, 0.1) is 34.6 Å². The number of carbonyl (C=O) groups excluding carboxylic acids is 2. The van der Waals surface area contributed by atoms with Crippen LogP contribution in [0.5, 0.6) is 11.5 Å². The van der Waals surface area contributed by atoms with Crippen molar-refractivity contribution < 1.29 is 27.5 Å². The van der Waals surface area contributed by atoms with Crippen molar-refractivity contribution in [1.29, 1.82) is 0 Å². The smallest absolute Gasteiger partial charge is 0.283 e. The number of hydrazine groups is 1. The van der Waals surface area contributed by atoms with Gasteiger partial charge in [-0.15, -0.1) is 0 Å². The number of para-hydroxylation sites is 2. The maximum absolute atomic E-state index is 12.9. The number of sulfonamides is 1. The summed E-state index contributed by atoms with van der Waals surface area (Å²) in [5.74, 6) is -0.137. The van der Waals surface area contributed by atoms with E-state index in [1.165, 1.54) is 0 Å². The molecule has 1 aliphatic heterocycles. The molecule has 2 aromatic carbocycles. The Morgan fingerprint density at radius 2 is 1.48 bits per heavy atom. The largest absolute Gasteiger partial charge is 0.485 e. The van der Waals surface area contributed by atoms with E-state index in [9.17, 15) is 18.0 Å². The minimum atomic E-state index is -3.81. The van der Waals surface area contributed by atoms with Gasteiger partial charge in [0.25, 0.3) is 5.91 Å².